The molecule has 0 aliphatic carbocycles. The number of hydrogen-bond acceptors (Lipinski definition) is 0. The molecule has 1 aromatic rings. The van der Waals surface area contributed by atoms with Crippen molar-refractivity contribution in [2.75, 3.05) is 0 Å². The van der Waals surface area contributed by atoms with Gasteiger partial charge in [0.1, 0.15) is 0 Å². The minimum Gasteiger partial charge on any atom is -0.0620 e. The van der Waals surface area contributed by atoms with Gasteiger partial charge in [-0.1, -0.05) is 24.2 Å². The van der Waals surface area contributed by atoms with E-state index in [1.165, 1.54) is 0 Å². The van der Waals surface area contributed by atoms with Gasteiger partial charge in [0.15, 0.2) is 0 Å². The highest BCUT2D eigenvalue weighted by Crippen LogP contribution is 2.02. The van der Waals surface area contributed by atoms with Gasteiger partial charge in [-0.05, 0) is 25.0 Å². The third-order valence-corrected chi connectivity index (χ3v) is 0.979. The third-order valence-electron chi connectivity index (χ3n) is 0.979. The van der Waals surface area contributed by atoms with Crippen molar-refractivity contribution in [1.82, 2.24) is 0 Å². The zero-order valence-corrected chi connectivity index (χ0v) is 4.71. The van der Waals surface area contributed by atoms with Crippen molar-refractivity contribution in [2.45, 2.75) is 13.8 Å². The van der Waals surface area contributed by atoms with Gasteiger partial charge in [0.05, 0.1) is 5.48 Å². The molecular formula is C8H10. The zero-order chi connectivity index (χ0) is 10.2. The Balaban J connectivity index is 3.56. The van der Waals surface area contributed by atoms with Crippen LogP contribution in [0.25, 0.3) is 0 Å². The summed E-state index contributed by atoms with van der Waals surface area (Å²) in [5, 5.41) is 0. The van der Waals surface area contributed by atoms with Crippen molar-refractivity contribution in [3.63, 3.8) is 0 Å². The molecule has 0 saturated heterocycles. The largest absolute Gasteiger partial charge is 0.0626 e. The number of rotatable bonds is 0. The first-order chi connectivity index (χ1) is 6.00. The Labute approximate surface area is 57.2 Å². The molecule has 0 amide bonds. The lowest BCUT2D eigenvalue weighted by molar-refractivity contribution is 1.34. The van der Waals surface area contributed by atoms with Gasteiger partial charge in [-0.15, -0.1) is 0 Å². The van der Waals surface area contributed by atoms with Crippen LogP contribution in [0.3, 0.4) is 0 Å². The molecule has 42 valence electrons. The molecule has 0 aliphatic rings. The molecule has 0 heterocycles. The average Bonchev–Trinajstić information content (AvgIpc) is 2.13. The maximum Gasteiger partial charge on any atom is 0.0626 e. The van der Waals surface area contributed by atoms with E-state index in [0.717, 1.165) is 0 Å². The molecule has 1 rings (SSSR count). The molecule has 0 atom stereocenters. The zero-order valence-electron chi connectivity index (χ0n) is 9.71. The Morgan fingerprint density at radius 3 is 2.62 bits per heavy atom. The van der Waals surface area contributed by atoms with Crippen LogP contribution in [0.5, 0.6) is 0 Å². The Morgan fingerprint density at radius 2 is 2.00 bits per heavy atom. The minimum absolute atomic E-state index is 0.0387. The molecule has 0 nitrogen and oxygen atoms in total. The van der Waals surface area contributed by atoms with Gasteiger partial charge in [-0.2, -0.15) is 0 Å². The van der Waals surface area contributed by atoms with Gasteiger partial charge in [0.25, 0.3) is 0 Å². The fourth-order valence-corrected chi connectivity index (χ4v) is 0.401. The fraction of sp³-hybridized carbons (Fsp3) is 0.250. The van der Waals surface area contributed by atoms with Crippen LogP contribution in [-0.4, -0.2) is 0 Å². The molecule has 0 radical (unpaired) electrons. The molecule has 0 aromatic heterocycles. The summed E-state index contributed by atoms with van der Waals surface area (Å²) in [6.07, 6.45) is 0. The highest BCUT2D eigenvalue weighted by Gasteiger charge is 1.83. The predicted octanol–water partition coefficient (Wildman–Crippen LogP) is 2.30. The molecule has 1 aromatic carbocycles. The summed E-state index contributed by atoms with van der Waals surface area (Å²) >= 11 is 0. The van der Waals surface area contributed by atoms with Crippen molar-refractivity contribution < 1.29 is 6.85 Å². The molecule has 0 saturated carbocycles. The molecular weight excluding hydrogens is 96.1 g/mol. The van der Waals surface area contributed by atoms with E-state index in [1.54, 1.807) is 6.92 Å². The monoisotopic (exact) mass is 111 g/mol. The first-order valence-corrected chi connectivity index (χ1v) is 2.35. The van der Waals surface area contributed by atoms with Crippen LogP contribution in [0.15, 0.2) is 24.2 Å². The topological polar surface area (TPSA) is 0 Å². The lowest BCUT2D eigenvalue weighted by atomic mass is 10.1. The van der Waals surface area contributed by atoms with Gasteiger partial charge in [0.2, 0.25) is 0 Å². The van der Waals surface area contributed by atoms with Gasteiger partial charge in [0, 0.05) is 1.37 Å². The summed E-state index contributed by atoms with van der Waals surface area (Å²) in [6, 6.07) is -0.602. The SMILES string of the molecule is [2H]Cc1c([2H])c([2H])c([2H])c([2H])c1C. The van der Waals surface area contributed by atoms with E-state index < -0.39 is 0 Å². The normalized spacial score (nSPS) is 17.9. The summed E-state index contributed by atoms with van der Waals surface area (Å²) in [5.74, 6) is 0. The Hall–Kier alpha value is -0.780. The first-order valence-electron chi connectivity index (χ1n) is 5.06. The van der Waals surface area contributed by atoms with Crippen molar-refractivity contribution in [2.24, 2.45) is 0 Å². The minimum atomic E-state index is -0.252. The lowest BCUT2D eigenvalue weighted by Gasteiger charge is -1.93. The Bertz CT molecular complexity index is 316. The van der Waals surface area contributed by atoms with Crippen LogP contribution in [0, 0.1) is 13.8 Å². The fourth-order valence-electron chi connectivity index (χ4n) is 0.401. The maximum atomic E-state index is 7.46. The smallest absolute Gasteiger partial charge is 0.0620 e. The second kappa shape index (κ2) is 1.99. The van der Waals surface area contributed by atoms with Crippen LogP contribution in [-0.2, 0) is 0 Å². The molecule has 0 fully saturated rings. The van der Waals surface area contributed by atoms with Crippen molar-refractivity contribution in [3.8, 4) is 0 Å². The van der Waals surface area contributed by atoms with Crippen LogP contribution >= 0.6 is 0 Å². The molecule has 0 aliphatic heterocycles. The highest BCUT2D eigenvalue weighted by molar-refractivity contribution is 5.23. The van der Waals surface area contributed by atoms with Gasteiger partial charge >= 0.3 is 0 Å². The molecule has 0 spiro atoms. The van der Waals surface area contributed by atoms with E-state index in [4.69, 9.17) is 6.85 Å². The molecule has 0 unspecified atom stereocenters. The van der Waals surface area contributed by atoms with Crippen LogP contribution in [0.2, 0.25) is 0 Å². The quantitative estimate of drug-likeness (QED) is 0.482. The number of hydrogen-bond donors (Lipinski definition) is 0. The second-order valence-electron chi connectivity index (χ2n) is 1.60. The first kappa shape index (κ1) is 1.87. The van der Waals surface area contributed by atoms with Gasteiger partial charge < -0.3 is 0 Å². The van der Waals surface area contributed by atoms with E-state index in [-0.39, 0.29) is 31.1 Å². The highest BCUT2D eigenvalue weighted by atomic mass is 13.9. The average molecular weight is 111 g/mol. The van der Waals surface area contributed by atoms with Gasteiger partial charge in [-0.3, -0.25) is 0 Å². The maximum absolute atomic E-state index is 7.46. The summed E-state index contributed by atoms with van der Waals surface area (Å²) in [5.41, 5.74) is 0.854. The van der Waals surface area contributed by atoms with Crippen LogP contribution in [0.1, 0.15) is 18.0 Å². The van der Waals surface area contributed by atoms with Crippen LogP contribution in [0.4, 0.5) is 0 Å². The van der Waals surface area contributed by atoms with E-state index in [2.05, 4.69) is 0 Å². The molecule has 8 heavy (non-hydrogen) atoms. The van der Waals surface area contributed by atoms with Crippen LogP contribution < -0.4 is 0 Å². The van der Waals surface area contributed by atoms with Gasteiger partial charge in [-0.25, -0.2) is 0 Å². The standard InChI is InChI=1S/C8H10/c1-7-5-3-4-6-8(7)2/h3-6H,1-2H3/i1D,3D,4D,5D,6D. The predicted molar refractivity (Wildman–Crippen MR) is 35.9 cm³/mol. The summed E-state index contributed by atoms with van der Waals surface area (Å²) in [7, 11) is 0. The van der Waals surface area contributed by atoms with E-state index in [0.29, 0.717) is 11.1 Å². The lowest BCUT2D eigenvalue weighted by Crippen LogP contribution is -1.74. The van der Waals surface area contributed by atoms with E-state index in [9.17, 15) is 0 Å². The van der Waals surface area contributed by atoms with Crippen molar-refractivity contribution >= 4 is 0 Å². The second-order valence-corrected chi connectivity index (χ2v) is 1.60. The molecule has 0 N–H and O–H groups in total. The van der Waals surface area contributed by atoms with E-state index in [1.807, 2.05) is 0 Å². The summed E-state index contributed by atoms with van der Waals surface area (Å²) < 4.78 is 36.7. The molecule has 0 heteroatoms. The summed E-state index contributed by atoms with van der Waals surface area (Å²) in [4.78, 5) is 0. The Morgan fingerprint density at radius 1 is 1.38 bits per heavy atom. The third kappa shape index (κ3) is 0.890. The molecule has 0 bridgehead atoms. The van der Waals surface area contributed by atoms with Crippen molar-refractivity contribution in [1.29, 1.82) is 0 Å². The Kier molecular flexibility index (Phi) is 0.466. The number of benzene rings is 1. The summed E-state index contributed by atoms with van der Waals surface area (Å²) in [6.45, 7) is 1.50. The van der Waals surface area contributed by atoms with Crippen molar-refractivity contribution in [3.05, 3.63) is 35.3 Å². The van der Waals surface area contributed by atoms with E-state index >= 15 is 0 Å².